The molecule has 0 amide bonds. The summed E-state index contributed by atoms with van der Waals surface area (Å²) in [4.78, 5) is 14.5. The Labute approximate surface area is 161 Å². The fraction of sp³-hybridized carbons (Fsp3) is 0.455. The Morgan fingerprint density at radius 2 is 1.74 bits per heavy atom. The first-order valence-electron chi connectivity index (χ1n) is 9.78. The molecule has 0 radical (unpaired) electrons. The van der Waals surface area contributed by atoms with Crippen molar-refractivity contribution in [2.24, 2.45) is 0 Å². The van der Waals surface area contributed by atoms with Gasteiger partial charge >= 0.3 is 0 Å². The van der Waals surface area contributed by atoms with Crippen molar-refractivity contribution >= 4 is 16.9 Å². The highest BCUT2D eigenvalue weighted by atomic mass is 16.3. The quantitative estimate of drug-likeness (QED) is 0.698. The summed E-state index contributed by atoms with van der Waals surface area (Å²) in [5.41, 5.74) is 4.68. The molecule has 3 heterocycles. The number of hydrogen-bond acceptors (Lipinski definition) is 5. The van der Waals surface area contributed by atoms with Crippen LogP contribution in [0.25, 0.3) is 10.9 Å². The highest BCUT2D eigenvalue weighted by Gasteiger charge is 2.19. The molecule has 0 unspecified atom stereocenters. The van der Waals surface area contributed by atoms with Crippen molar-refractivity contribution in [3.8, 4) is 0 Å². The third kappa shape index (κ3) is 3.83. The van der Waals surface area contributed by atoms with Gasteiger partial charge in [-0.15, -0.1) is 0 Å². The van der Waals surface area contributed by atoms with Gasteiger partial charge in [0.25, 0.3) is 0 Å². The van der Waals surface area contributed by atoms with Crippen LogP contribution in [-0.2, 0) is 6.54 Å². The van der Waals surface area contributed by atoms with Gasteiger partial charge in [0.15, 0.2) is 0 Å². The zero-order chi connectivity index (χ0) is 19.0. The summed E-state index contributed by atoms with van der Waals surface area (Å²) in [7, 11) is 0. The molecule has 5 nitrogen and oxygen atoms in total. The summed E-state index contributed by atoms with van der Waals surface area (Å²) in [6.45, 7) is 13.2. The largest absolute Gasteiger partial charge is 0.465 e. The number of aryl methyl sites for hydroxylation is 4. The summed E-state index contributed by atoms with van der Waals surface area (Å²) in [6.07, 6.45) is 1.10. The molecule has 5 heteroatoms. The third-order valence-electron chi connectivity index (χ3n) is 5.54. The molecule has 1 aliphatic rings. The van der Waals surface area contributed by atoms with Crippen LogP contribution >= 0.6 is 0 Å². The second kappa shape index (κ2) is 7.31. The summed E-state index contributed by atoms with van der Waals surface area (Å²) in [6, 6.07) is 8.51. The van der Waals surface area contributed by atoms with Gasteiger partial charge < -0.3 is 9.32 Å². The molecule has 3 aromatic rings. The summed E-state index contributed by atoms with van der Waals surface area (Å²) in [5.74, 6) is 2.88. The Morgan fingerprint density at radius 1 is 0.926 bits per heavy atom. The smallest absolute Gasteiger partial charge is 0.226 e. The molecule has 0 spiro atoms. The van der Waals surface area contributed by atoms with E-state index in [1.165, 1.54) is 11.1 Å². The lowest BCUT2D eigenvalue weighted by atomic mass is 10.1. The van der Waals surface area contributed by atoms with Crippen LogP contribution < -0.4 is 4.90 Å². The van der Waals surface area contributed by atoms with Crippen molar-refractivity contribution in [2.75, 3.05) is 31.1 Å². The van der Waals surface area contributed by atoms with E-state index in [4.69, 9.17) is 14.4 Å². The van der Waals surface area contributed by atoms with Crippen LogP contribution in [0.3, 0.4) is 0 Å². The molecule has 142 valence electrons. The van der Waals surface area contributed by atoms with Gasteiger partial charge in [-0.25, -0.2) is 9.97 Å². The highest BCUT2D eigenvalue weighted by Crippen LogP contribution is 2.23. The number of aromatic nitrogens is 2. The van der Waals surface area contributed by atoms with E-state index in [1.54, 1.807) is 0 Å². The first kappa shape index (κ1) is 18.0. The average Bonchev–Trinajstić information content (AvgIpc) is 2.89. The van der Waals surface area contributed by atoms with Gasteiger partial charge in [-0.3, -0.25) is 4.90 Å². The predicted octanol–water partition coefficient (Wildman–Crippen LogP) is 4.17. The molecule has 4 rings (SSSR count). The standard InChI is InChI=1S/C22H28N4O/c1-15-12-20-18(4)23-22(24-21(20)13-16(15)2)26-9-5-8-25(10-11-26)14-19-7-6-17(3)27-19/h6-7,12-13H,5,8-11,14H2,1-4H3. The minimum atomic E-state index is 0.860. The van der Waals surface area contributed by atoms with Crippen molar-refractivity contribution < 1.29 is 4.42 Å². The number of fused-ring (bicyclic) bond motifs is 1. The first-order valence-corrected chi connectivity index (χ1v) is 9.78. The number of rotatable bonds is 3. The topological polar surface area (TPSA) is 45.4 Å². The van der Waals surface area contributed by atoms with E-state index in [-0.39, 0.29) is 0 Å². The fourth-order valence-electron chi connectivity index (χ4n) is 3.79. The van der Waals surface area contributed by atoms with Crippen molar-refractivity contribution in [1.29, 1.82) is 0 Å². The Bertz CT molecular complexity index is 962. The van der Waals surface area contributed by atoms with E-state index >= 15 is 0 Å². The SMILES string of the molecule is Cc1ccc(CN2CCCN(c3nc(C)c4cc(C)c(C)cc4n3)CC2)o1. The van der Waals surface area contributed by atoms with Gasteiger partial charge in [0.05, 0.1) is 17.8 Å². The third-order valence-corrected chi connectivity index (χ3v) is 5.54. The number of anilines is 1. The van der Waals surface area contributed by atoms with Gasteiger partial charge in [-0.1, -0.05) is 0 Å². The minimum absolute atomic E-state index is 0.860. The number of nitrogens with zero attached hydrogens (tertiary/aromatic N) is 4. The maximum atomic E-state index is 5.74. The molecule has 1 aliphatic heterocycles. The molecule has 0 atom stereocenters. The predicted molar refractivity (Wildman–Crippen MR) is 109 cm³/mol. The molecule has 1 saturated heterocycles. The Morgan fingerprint density at radius 3 is 2.52 bits per heavy atom. The molecule has 0 saturated carbocycles. The van der Waals surface area contributed by atoms with E-state index in [9.17, 15) is 0 Å². The monoisotopic (exact) mass is 364 g/mol. The zero-order valence-electron chi connectivity index (χ0n) is 16.7. The van der Waals surface area contributed by atoms with Crippen LogP contribution in [0.2, 0.25) is 0 Å². The van der Waals surface area contributed by atoms with E-state index < -0.39 is 0 Å². The summed E-state index contributed by atoms with van der Waals surface area (Å²) >= 11 is 0. The molecule has 1 aromatic carbocycles. The van der Waals surface area contributed by atoms with Gasteiger partial charge in [-0.05, 0) is 69.5 Å². The van der Waals surface area contributed by atoms with Crippen molar-refractivity contribution in [2.45, 2.75) is 40.7 Å². The van der Waals surface area contributed by atoms with E-state index in [0.717, 1.165) is 73.2 Å². The molecule has 0 N–H and O–H groups in total. The summed E-state index contributed by atoms with van der Waals surface area (Å²) < 4.78 is 5.74. The second-order valence-electron chi connectivity index (χ2n) is 7.69. The van der Waals surface area contributed by atoms with Gasteiger partial charge in [0.2, 0.25) is 5.95 Å². The van der Waals surface area contributed by atoms with Crippen LogP contribution in [0.4, 0.5) is 5.95 Å². The zero-order valence-corrected chi connectivity index (χ0v) is 16.7. The van der Waals surface area contributed by atoms with Gasteiger partial charge in [0.1, 0.15) is 11.5 Å². The van der Waals surface area contributed by atoms with Crippen molar-refractivity contribution in [3.05, 3.63) is 52.6 Å². The lowest BCUT2D eigenvalue weighted by Gasteiger charge is -2.22. The second-order valence-corrected chi connectivity index (χ2v) is 7.69. The fourth-order valence-corrected chi connectivity index (χ4v) is 3.79. The lowest BCUT2D eigenvalue weighted by Crippen LogP contribution is -2.31. The molecular weight excluding hydrogens is 336 g/mol. The van der Waals surface area contributed by atoms with Gasteiger partial charge in [-0.2, -0.15) is 0 Å². The highest BCUT2D eigenvalue weighted by molar-refractivity contribution is 5.83. The van der Waals surface area contributed by atoms with Crippen LogP contribution in [-0.4, -0.2) is 41.0 Å². The van der Waals surface area contributed by atoms with Crippen LogP contribution in [0, 0.1) is 27.7 Å². The maximum absolute atomic E-state index is 5.74. The number of furan rings is 1. The normalized spacial score (nSPS) is 16.1. The van der Waals surface area contributed by atoms with E-state index in [0.29, 0.717) is 0 Å². The van der Waals surface area contributed by atoms with Crippen molar-refractivity contribution in [1.82, 2.24) is 14.9 Å². The van der Waals surface area contributed by atoms with E-state index in [2.05, 4.69) is 48.8 Å². The number of hydrogen-bond donors (Lipinski definition) is 0. The summed E-state index contributed by atoms with van der Waals surface area (Å²) in [5, 5.41) is 1.16. The first-order chi connectivity index (χ1) is 13.0. The van der Waals surface area contributed by atoms with Crippen LogP contribution in [0.1, 0.15) is 34.8 Å². The van der Waals surface area contributed by atoms with Crippen LogP contribution in [0.5, 0.6) is 0 Å². The molecular formula is C22H28N4O. The van der Waals surface area contributed by atoms with E-state index in [1.807, 2.05) is 13.0 Å². The molecule has 27 heavy (non-hydrogen) atoms. The molecule has 0 aliphatic carbocycles. The Hall–Kier alpha value is -2.40. The lowest BCUT2D eigenvalue weighted by molar-refractivity contribution is 0.258. The molecule has 2 aromatic heterocycles. The average molecular weight is 364 g/mol. The van der Waals surface area contributed by atoms with Gasteiger partial charge in [0, 0.05) is 31.6 Å². The van der Waals surface area contributed by atoms with Crippen LogP contribution in [0.15, 0.2) is 28.7 Å². The minimum Gasteiger partial charge on any atom is -0.465 e. The number of benzene rings is 1. The van der Waals surface area contributed by atoms with Crippen molar-refractivity contribution in [3.63, 3.8) is 0 Å². The molecule has 0 bridgehead atoms. The maximum Gasteiger partial charge on any atom is 0.226 e. The Kier molecular flexibility index (Phi) is 4.87. The Balaban J connectivity index is 1.52. The molecule has 1 fully saturated rings.